The molecule has 5 nitrogen and oxygen atoms in total. The van der Waals surface area contributed by atoms with Gasteiger partial charge < -0.3 is 14.2 Å². The maximum absolute atomic E-state index is 12.3. The molecule has 5 heteroatoms. The molecule has 0 radical (unpaired) electrons. The zero-order valence-electron chi connectivity index (χ0n) is 15.5. The number of hydrogen-bond donors (Lipinski definition) is 0. The Labute approximate surface area is 153 Å². The molecule has 0 saturated heterocycles. The highest BCUT2D eigenvalue weighted by Crippen LogP contribution is 2.25. The molecule has 136 valence electrons. The van der Waals surface area contributed by atoms with E-state index in [0.29, 0.717) is 26.0 Å². The Balaban J connectivity index is 1.49. The lowest BCUT2D eigenvalue weighted by molar-refractivity contribution is -0.130. The van der Waals surface area contributed by atoms with Crippen LogP contribution in [0.25, 0.3) is 10.8 Å². The number of carbonyl (C=O) groups excluding carboxylic acids is 1. The Morgan fingerprint density at radius 2 is 1.92 bits per heavy atom. The summed E-state index contributed by atoms with van der Waals surface area (Å²) >= 11 is 0. The molecule has 0 bridgehead atoms. The first-order valence-electron chi connectivity index (χ1n) is 8.82. The predicted molar refractivity (Wildman–Crippen MR) is 101 cm³/mol. The van der Waals surface area contributed by atoms with Gasteiger partial charge in [0.15, 0.2) is 0 Å². The standard InChI is InChI=1S/C21H24N2O3/c1-15-19(16(2)26-22-15)14-23(3)21(24)12-7-13-25-20-11-6-9-17-8-4-5-10-18(17)20/h4-6,8-11H,7,12-14H2,1-3H3. The van der Waals surface area contributed by atoms with Crippen molar-refractivity contribution >= 4 is 16.7 Å². The molecule has 3 rings (SSSR count). The van der Waals surface area contributed by atoms with Crippen molar-refractivity contribution < 1.29 is 14.1 Å². The second-order valence-electron chi connectivity index (χ2n) is 6.48. The van der Waals surface area contributed by atoms with Crippen LogP contribution in [0, 0.1) is 13.8 Å². The summed E-state index contributed by atoms with van der Waals surface area (Å²) in [5, 5.41) is 6.18. The van der Waals surface area contributed by atoms with Gasteiger partial charge in [0, 0.05) is 24.4 Å². The van der Waals surface area contributed by atoms with E-state index in [0.717, 1.165) is 33.5 Å². The second-order valence-corrected chi connectivity index (χ2v) is 6.48. The van der Waals surface area contributed by atoms with E-state index in [9.17, 15) is 4.79 Å². The van der Waals surface area contributed by atoms with Gasteiger partial charge in [-0.1, -0.05) is 41.6 Å². The Morgan fingerprint density at radius 1 is 1.15 bits per heavy atom. The normalized spacial score (nSPS) is 10.9. The van der Waals surface area contributed by atoms with Crippen molar-refractivity contribution in [3.8, 4) is 5.75 Å². The fraction of sp³-hybridized carbons (Fsp3) is 0.333. The van der Waals surface area contributed by atoms with E-state index in [-0.39, 0.29) is 5.91 Å². The van der Waals surface area contributed by atoms with Crippen LogP contribution in [0.5, 0.6) is 5.75 Å². The van der Waals surface area contributed by atoms with Gasteiger partial charge in [0.1, 0.15) is 11.5 Å². The maximum Gasteiger partial charge on any atom is 0.222 e. The molecular formula is C21H24N2O3. The molecule has 0 atom stereocenters. The first-order valence-corrected chi connectivity index (χ1v) is 8.82. The van der Waals surface area contributed by atoms with Gasteiger partial charge in [0.25, 0.3) is 0 Å². The minimum absolute atomic E-state index is 0.0894. The Kier molecular flexibility index (Phi) is 5.56. The molecule has 1 heterocycles. The third kappa shape index (κ3) is 4.04. The van der Waals surface area contributed by atoms with Gasteiger partial charge in [0.2, 0.25) is 5.91 Å². The van der Waals surface area contributed by atoms with Crippen molar-refractivity contribution in [2.45, 2.75) is 33.2 Å². The van der Waals surface area contributed by atoms with Crippen molar-refractivity contribution in [2.75, 3.05) is 13.7 Å². The SMILES string of the molecule is Cc1noc(C)c1CN(C)C(=O)CCCOc1cccc2ccccc12. The topological polar surface area (TPSA) is 55.6 Å². The minimum atomic E-state index is 0.0894. The van der Waals surface area contributed by atoms with Gasteiger partial charge >= 0.3 is 0 Å². The lowest BCUT2D eigenvalue weighted by atomic mass is 10.1. The zero-order valence-corrected chi connectivity index (χ0v) is 15.5. The first kappa shape index (κ1) is 18.0. The Morgan fingerprint density at radius 3 is 2.69 bits per heavy atom. The highest BCUT2D eigenvalue weighted by atomic mass is 16.5. The smallest absolute Gasteiger partial charge is 0.222 e. The molecule has 2 aromatic carbocycles. The summed E-state index contributed by atoms with van der Waals surface area (Å²) in [5.74, 6) is 1.72. The summed E-state index contributed by atoms with van der Waals surface area (Å²) in [7, 11) is 1.81. The van der Waals surface area contributed by atoms with Crippen LogP contribution in [-0.2, 0) is 11.3 Å². The van der Waals surface area contributed by atoms with Crippen molar-refractivity contribution in [3.05, 3.63) is 59.5 Å². The van der Waals surface area contributed by atoms with Gasteiger partial charge in [-0.15, -0.1) is 0 Å². The number of aryl methyl sites for hydroxylation is 2. The fourth-order valence-corrected chi connectivity index (χ4v) is 2.97. The molecule has 1 amide bonds. The number of aromatic nitrogens is 1. The summed E-state index contributed by atoms with van der Waals surface area (Å²) in [4.78, 5) is 14.0. The Hall–Kier alpha value is -2.82. The summed E-state index contributed by atoms with van der Waals surface area (Å²) in [6, 6.07) is 14.1. The molecule has 0 aliphatic carbocycles. The van der Waals surface area contributed by atoms with E-state index < -0.39 is 0 Å². The molecule has 0 N–H and O–H groups in total. The Bertz CT molecular complexity index is 876. The van der Waals surface area contributed by atoms with E-state index in [1.807, 2.05) is 44.2 Å². The predicted octanol–water partition coefficient (Wildman–Crippen LogP) is 4.26. The molecule has 3 aromatic rings. The van der Waals surface area contributed by atoms with Crippen molar-refractivity contribution in [2.24, 2.45) is 0 Å². The lowest BCUT2D eigenvalue weighted by Crippen LogP contribution is -2.26. The van der Waals surface area contributed by atoms with Gasteiger partial charge in [-0.05, 0) is 31.7 Å². The van der Waals surface area contributed by atoms with Gasteiger partial charge in [-0.3, -0.25) is 4.79 Å². The second kappa shape index (κ2) is 8.04. The third-order valence-electron chi connectivity index (χ3n) is 4.54. The molecular weight excluding hydrogens is 328 g/mol. The van der Waals surface area contributed by atoms with Crippen LogP contribution in [0.3, 0.4) is 0 Å². The van der Waals surface area contributed by atoms with Crippen LogP contribution in [0.1, 0.15) is 29.9 Å². The van der Waals surface area contributed by atoms with Crippen molar-refractivity contribution in [1.29, 1.82) is 0 Å². The number of amides is 1. The summed E-state index contributed by atoms with van der Waals surface area (Å²) in [6.07, 6.45) is 1.12. The highest BCUT2D eigenvalue weighted by molar-refractivity contribution is 5.88. The number of benzene rings is 2. The molecule has 26 heavy (non-hydrogen) atoms. The molecule has 0 unspecified atom stereocenters. The summed E-state index contributed by atoms with van der Waals surface area (Å²) in [5.41, 5.74) is 1.81. The van der Waals surface area contributed by atoms with Crippen molar-refractivity contribution in [3.63, 3.8) is 0 Å². The average molecular weight is 352 g/mol. The maximum atomic E-state index is 12.3. The summed E-state index contributed by atoms with van der Waals surface area (Å²) < 4.78 is 11.0. The monoisotopic (exact) mass is 352 g/mol. The van der Waals surface area contributed by atoms with Crippen LogP contribution >= 0.6 is 0 Å². The minimum Gasteiger partial charge on any atom is -0.493 e. The van der Waals surface area contributed by atoms with Crippen LogP contribution < -0.4 is 4.74 Å². The van der Waals surface area contributed by atoms with Crippen LogP contribution in [-0.4, -0.2) is 29.6 Å². The molecule has 0 fully saturated rings. The van der Waals surface area contributed by atoms with E-state index in [2.05, 4.69) is 17.3 Å². The van der Waals surface area contributed by atoms with Crippen LogP contribution in [0.15, 0.2) is 47.0 Å². The van der Waals surface area contributed by atoms with Crippen LogP contribution in [0.4, 0.5) is 0 Å². The van der Waals surface area contributed by atoms with Gasteiger partial charge in [-0.25, -0.2) is 0 Å². The van der Waals surface area contributed by atoms with E-state index in [1.165, 1.54) is 0 Å². The number of ether oxygens (including phenoxy) is 1. The molecule has 0 aliphatic heterocycles. The van der Waals surface area contributed by atoms with Gasteiger partial charge in [0.05, 0.1) is 18.8 Å². The van der Waals surface area contributed by atoms with Crippen LogP contribution in [0.2, 0.25) is 0 Å². The fourth-order valence-electron chi connectivity index (χ4n) is 2.97. The third-order valence-corrected chi connectivity index (χ3v) is 4.54. The quantitative estimate of drug-likeness (QED) is 0.596. The van der Waals surface area contributed by atoms with Crippen molar-refractivity contribution in [1.82, 2.24) is 10.1 Å². The number of rotatable bonds is 7. The molecule has 0 saturated carbocycles. The average Bonchev–Trinajstić information content (AvgIpc) is 2.97. The van der Waals surface area contributed by atoms with E-state index in [1.54, 1.807) is 11.9 Å². The molecule has 0 aliphatic rings. The highest BCUT2D eigenvalue weighted by Gasteiger charge is 2.15. The zero-order chi connectivity index (χ0) is 18.5. The van der Waals surface area contributed by atoms with E-state index in [4.69, 9.17) is 9.26 Å². The number of hydrogen-bond acceptors (Lipinski definition) is 4. The summed E-state index contributed by atoms with van der Waals surface area (Å²) in [6.45, 7) is 4.79. The molecule has 0 spiro atoms. The lowest BCUT2D eigenvalue weighted by Gasteiger charge is -2.17. The number of fused-ring (bicyclic) bond motifs is 1. The van der Waals surface area contributed by atoms with Gasteiger partial charge in [-0.2, -0.15) is 0 Å². The van der Waals surface area contributed by atoms with E-state index >= 15 is 0 Å². The molecule has 1 aromatic heterocycles. The number of nitrogens with zero attached hydrogens (tertiary/aromatic N) is 2. The number of carbonyl (C=O) groups is 1. The largest absolute Gasteiger partial charge is 0.493 e. The first-order chi connectivity index (χ1) is 12.6.